The van der Waals surface area contributed by atoms with Crippen molar-refractivity contribution in [3.05, 3.63) is 46.0 Å². The first-order chi connectivity index (χ1) is 8.37. The first kappa shape index (κ1) is 13.4. The highest BCUT2D eigenvalue weighted by atomic mass is 35.5. The second-order valence-electron chi connectivity index (χ2n) is 4.47. The molecule has 1 aromatic rings. The number of amides is 1. The number of aliphatic hydroxyl groups is 1. The van der Waals surface area contributed by atoms with E-state index >= 15 is 0 Å². The minimum atomic E-state index is -1.60. The van der Waals surface area contributed by atoms with Crippen molar-refractivity contribution in [3.63, 3.8) is 0 Å². The number of hydrogen-bond acceptors (Lipinski definition) is 2. The molecule has 3 nitrogen and oxygen atoms in total. The van der Waals surface area contributed by atoms with Crippen LogP contribution < -0.4 is 0 Å². The zero-order valence-electron chi connectivity index (χ0n) is 10.0. The molecule has 1 unspecified atom stereocenters. The van der Waals surface area contributed by atoms with E-state index in [9.17, 15) is 9.90 Å². The highest BCUT2D eigenvalue weighted by molar-refractivity contribution is 6.33. The molecule has 0 spiro atoms. The number of rotatable bonds is 2. The van der Waals surface area contributed by atoms with Gasteiger partial charge < -0.3 is 5.11 Å². The van der Waals surface area contributed by atoms with Crippen molar-refractivity contribution >= 4 is 29.1 Å². The van der Waals surface area contributed by atoms with Crippen LogP contribution in [-0.4, -0.2) is 22.0 Å². The molecular weight excluding hydrogens is 273 g/mol. The maximum absolute atomic E-state index is 11.9. The zero-order chi connectivity index (χ0) is 13.5. The maximum atomic E-state index is 11.9. The first-order valence-corrected chi connectivity index (χ1v) is 6.32. The predicted octanol–water partition coefficient (Wildman–Crippen LogP) is 2.86. The van der Waals surface area contributed by atoms with E-state index in [4.69, 9.17) is 23.2 Å². The summed E-state index contributed by atoms with van der Waals surface area (Å²) < 4.78 is 0. The number of hydrogen-bond donors (Lipinski definition) is 1. The third-order valence-corrected chi connectivity index (χ3v) is 3.56. The minimum Gasteiger partial charge on any atom is -0.362 e. The summed E-state index contributed by atoms with van der Waals surface area (Å²) in [5.74, 6) is -0.299. The Kier molecular flexibility index (Phi) is 3.41. The molecule has 5 heteroatoms. The zero-order valence-corrected chi connectivity index (χ0v) is 11.5. The molecule has 1 atom stereocenters. The van der Waals surface area contributed by atoms with E-state index in [2.05, 4.69) is 0 Å². The van der Waals surface area contributed by atoms with Crippen LogP contribution in [0.25, 0.3) is 0 Å². The summed E-state index contributed by atoms with van der Waals surface area (Å²) in [5, 5.41) is 11.4. The van der Waals surface area contributed by atoms with Gasteiger partial charge in [-0.2, -0.15) is 0 Å². The van der Waals surface area contributed by atoms with Crippen LogP contribution in [0.5, 0.6) is 0 Å². The molecule has 96 valence electrons. The van der Waals surface area contributed by atoms with E-state index in [1.165, 1.54) is 11.0 Å². The van der Waals surface area contributed by atoms with Crippen molar-refractivity contribution in [2.75, 3.05) is 0 Å². The van der Waals surface area contributed by atoms with Gasteiger partial charge in [0.25, 0.3) is 5.91 Å². The van der Waals surface area contributed by atoms with Gasteiger partial charge in [0.2, 0.25) is 5.72 Å². The number of benzene rings is 1. The Bertz CT molecular complexity index is 510. The third-order valence-electron chi connectivity index (χ3n) is 2.93. The molecule has 0 bridgehead atoms. The SMILES string of the molecule is CC(C)N1C(=O)C=C(Cl)C1(O)c1ccc(Cl)cc1. The van der Waals surface area contributed by atoms with Crippen molar-refractivity contribution in [3.8, 4) is 0 Å². The molecular formula is C13H13Cl2NO2. The second kappa shape index (κ2) is 4.57. The lowest BCUT2D eigenvalue weighted by Crippen LogP contribution is -2.48. The number of nitrogens with zero attached hydrogens (tertiary/aromatic N) is 1. The summed E-state index contributed by atoms with van der Waals surface area (Å²) in [4.78, 5) is 13.2. The standard InChI is InChI=1S/C13H13Cl2NO2/c1-8(2)16-12(17)7-11(15)13(16,18)9-3-5-10(14)6-4-9/h3-8,18H,1-2H3. The van der Waals surface area contributed by atoms with Crippen LogP contribution in [0.1, 0.15) is 19.4 Å². The van der Waals surface area contributed by atoms with Crippen LogP contribution in [0.2, 0.25) is 5.02 Å². The summed E-state index contributed by atoms with van der Waals surface area (Å²) in [6.07, 6.45) is 1.25. The molecule has 1 heterocycles. The fourth-order valence-corrected chi connectivity index (χ4v) is 2.56. The largest absolute Gasteiger partial charge is 0.362 e. The van der Waals surface area contributed by atoms with E-state index in [-0.39, 0.29) is 17.0 Å². The van der Waals surface area contributed by atoms with Crippen molar-refractivity contribution in [1.82, 2.24) is 4.90 Å². The average Bonchev–Trinajstić information content (AvgIpc) is 2.51. The van der Waals surface area contributed by atoms with Crippen molar-refractivity contribution in [2.45, 2.75) is 25.6 Å². The average molecular weight is 286 g/mol. The highest BCUT2D eigenvalue weighted by Gasteiger charge is 2.48. The van der Waals surface area contributed by atoms with Crippen LogP contribution in [0, 0.1) is 0 Å². The molecule has 0 aliphatic carbocycles. The molecule has 0 radical (unpaired) electrons. The molecule has 1 aliphatic heterocycles. The van der Waals surface area contributed by atoms with Crippen LogP contribution in [-0.2, 0) is 10.5 Å². The summed E-state index contributed by atoms with van der Waals surface area (Å²) in [6.45, 7) is 3.64. The number of halogens is 2. The lowest BCUT2D eigenvalue weighted by atomic mass is 10.0. The van der Waals surface area contributed by atoms with Crippen LogP contribution >= 0.6 is 23.2 Å². The van der Waals surface area contributed by atoms with E-state index in [0.717, 1.165) is 0 Å². The topological polar surface area (TPSA) is 40.5 Å². The molecule has 2 rings (SSSR count). The lowest BCUT2D eigenvalue weighted by molar-refractivity contribution is -0.147. The van der Waals surface area contributed by atoms with E-state index in [1.54, 1.807) is 24.3 Å². The van der Waals surface area contributed by atoms with Gasteiger partial charge >= 0.3 is 0 Å². The van der Waals surface area contributed by atoms with Gasteiger partial charge in [-0.3, -0.25) is 9.69 Å². The number of carbonyl (C=O) groups is 1. The monoisotopic (exact) mass is 285 g/mol. The smallest absolute Gasteiger partial charge is 0.250 e. The Morgan fingerprint density at radius 2 is 1.78 bits per heavy atom. The maximum Gasteiger partial charge on any atom is 0.250 e. The van der Waals surface area contributed by atoms with Crippen LogP contribution in [0.15, 0.2) is 35.4 Å². The molecule has 0 saturated carbocycles. The Balaban J connectivity index is 2.53. The van der Waals surface area contributed by atoms with Crippen molar-refractivity contribution in [1.29, 1.82) is 0 Å². The van der Waals surface area contributed by atoms with Gasteiger partial charge in [0.15, 0.2) is 0 Å². The first-order valence-electron chi connectivity index (χ1n) is 5.56. The van der Waals surface area contributed by atoms with Crippen molar-refractivity contribution < 1.29 is 9.90 Å². The van der Waals surface area contributed by atoms with E-state index in [0.29, 0.717) is 10.6 Å². The minimum absolute atomic E-state index is 0.100. The van der Waals surface area contributed by atoms with Gasteiger partial charge in [0.05, 0.1) is 5.03 Å². The van der Waals surface area contributed by atoms with E-state index < -0.39 is 5.72 Å². The Morgan fingerprint density at radius 3 is 2.28 bits per heavy atom. The van der Waals surface area contributed by atoms with Gasteiger partial charge in [0.1, 0.15) is 0 Å². The quantitative estimate of drug-likeness (QED) is 0.908. The van der Waals surface area contributed by atoms with Crippen LogP contribution in [0.4, 0.5) is 0 Å². The molecule has 0 fully saturated rings. The molecule has 0 aromatic heterocycles. The van der Waals surface area contributed by atoms with Gasteiger partial charge in [-0.15, -0.1) is 0 Å². The Morgan fingerprint density at radius 1 is 1.22 bits per heavy atom. The van der Waals surface area contributed by atoms with Crippen LogP contribution in [0.3, 0.4) is 0 Å². The lowest BCUT2D eigenvalue weighted by Gasteiger charge is -2.37. The van der Waals surface area contributed by atoms with Gasteiger partial charge in [0, 0.05) is 22.7 Å². The molecule has 1 amide bonds. The number of carbonyl (C=O) groups excluding carboxylic acids is 1. The Labute approximate surface area is 116 Å². The summed E-state index contributed by atoms with van der Waals surface area (Å²) in [7, 11) is 0. The summed E-state index contributed by atoms with van der Waals surface area (Å²) >= 11 is 11.9. The molecule has 1 aromatic carbocycles. The molecule has 1 N–H and O–H groups in total. The Hall–Kier alpha value is -1.03. The third kappa shape index (κ3) is 1.92. The van der Waals surface area contributed by atoms with Crippen molar-refractivity contribution in [2.24, 2.45) is 0 Å². The molecule has 18 heavy (non-hydrogen) atoms. The van der Waals surface area contributed by atoms with Gasteiger partial charge in [-0.05, 0) is 26.0 Å². The fraction of sp³-hybridized carbons (Fsp3) is 0.308. The fourth-order valence-electron chi connectivity index (χ4n) is 2.14. The second-order valence-corrected chi connectivity index (χ2v) is 5.32. The van der Waals surface area contributed by atoms with E-state index in [1.807, 2.05) is 13.8 Å². The summed E-state index contributed by atoms with van der Waals surface area (Å²) in [5.41, 5.74) is -1.08. The normalized spacial score (nSPS) is 23.8. The molecule has 1 aliphatic rings. The highest BCUT2D eigenvalue weighted by Crippen LogP contribution is 2.41. The van der Waals surface area contributed by atoms with Gasteiger partial charge in [-0.1, -0.05) is 35.3 Å². The summed E-state index contributed by atoms with van der Waals surface area (Å²) in [6, 6.07) is 6.45. The van der Waals surface area contributed by atoms with Gasteiger partial charge in [-0.25, -0.2) is 0 Å². The predicted molar refractivity (Wildman–Crippen MR) is 71.3 cm³/mol. The molecule has 0 saturated heterocycles.